The minimum absolute atomic E-state index is 0.0812. The number of carbonyl (C=O) groups is 1. The molecule has 0 aliphatic carbocycles. The number of hydrogen-bond acceptors (Lipinski definition) is 4. The maximum atomic E-state index is 12.8. The van der Waals surface area contributed by atoms with Gasteiger partial charge in [0.05, 0.1) is 13.2 Å². The summed E-state index contributed by atoms with van der Waals surface area (Å²) in [5, 5.41) is 7.41. The fourth-order valence-electron chi connectivity index (χ4n) is 3.77. The van der Waals surface area contributed by atoms with Gasteiger partial charge in [-0.3, -0.25) is 9.69 Å². The lowest BCUT2D eigenvalue weighted by Gasteiger charge is -2.24. The van der Waals surface area contributed by atoms with Crippen molar-refractivity contribution in [3.8, 4) is 5.75 Å². The molecule has 1 heterocycles. The lowest BCUT2D eigenvalue weighted by molar-refractivity contribution is -0.126. The number of halogens is 1. The molecule has 2 atom stereocenters. The predicted octanol–water partition coefficient (Wildman–Crippen LogP) is 3.61. The third kappa shape index (κ3) is 5.95. The molecular weight excluding hydrogens is 386 g/mol. The van der Waals surface area contributed by atoms with E-state index in [-0.39, 0.29) is 24.0 Å². The van der Waals surface area contributed by atoms with Gasteiger partial charge in [-0.15, -0.1) is 0 Å². The third-order valence-corrected chi connectivity index (χ3v) is 5.57. The van der Waals surface area contributed by atoms with Crippen LogP contribution in [0.1, 0.15) is 31.4 Å². The van der Waals surface area contributed by atoms with Gasteiger partial charge in [0.1, 0.15) is 5.75 Å². The lowest BCUT2D eigenvalue weighted by Crippen LogP contribution is -2.45. The van der Waals surface area contributed by atoms with E-state index in [9.17, 15) is 4.79 Å². The highest BCUT2D eigenvalue weighted by atomic mass is 35.5. The standard InChI is InChI=1S/C23H30ClN3O2/c1-16(2)26-23(28)22-12-19(25-13-17-7-6-9-20(11-17)29-3)15-27(22)14-18-8-4-5-10-21(18)24/h4-11,16,19,22,25H,12-15H2,1-3H3,(H,26,28)/t19-,22-/m0/s1. The van der Waals surface area contributed by atoms with Crippen LogP contribution >= 0.6 is 11.6 Å². The molecule has 0 radical (unpaired) electrons. The summed E-state index contributed by atoms with van der Waals surface area (Å²) in [5.41, 5.74) is 2.21. The SMILES string of the molecule is COc1cccc(CN[C@H]2C[C@@H](C(=O)NC(C)C)N(Cc3ccccc3Cl)C2)c1. The number of nitrogens with zero attached hydrogens (tertiary/aromatic N) is 1. The molecule has 156 valence electrons. The van der Waals surface area contributed by atoms with Crippen LogP contribution in [0.5, 0.6) is 5.75 Å². The van der Waals surface area contributed by atoms with E-state index < -0.39 is 0 Å². The minimum Gasteiger partial charge on any atom is -0.497 e. The van der Waals surface area contributed by atoms with Gasteiger partial charge < -0.3 is 15.4 Å². The van der Waals surface area contributed by atoms with Crippen LogP contribution in [0, 0.1) is 0 Å². The summed E-state index contributed by atoms with van der Waals surface area (Å²) in [4.78, 5) is 15.0. The first kappa shape index (κ1) is 21.6. The van der Waals surface area contributed by atoms with Crippen LogP contribution in [0.3, 0.4) is 0 Å². The predicted molar refractivity (Wildman–Crippen MR) is 117 cm³/mol. The first-order chi connectivity index (χ1) is 14.0. The number of ether oxygens (including phenoxy) is 1. The Bertz CT molecular complexity index is 827. The monoisotopic (exact) mass is 415 g/mol. The van der Waals surface area contributed by atoms with Gasteiger partial charge in [0, 0.05) is 36.7 Å². The molecular formula is C23H30ClN3O2. The number of benzene rings is 2. The van der Waals surface area contributed by atoms with Crippen LogP contribution in [0.25, 0.3) is 0 Å². The molecule has 0 aromatic heterocycles. The minimum atomic E-state index is -0.170. The molecule has 1 fully saturated rings. The average Bonchev–Trinajstić information content (AvgIpc) is 3.11. The molecule has 2 N–H and O–H groups in total. The molecule has 0 bridgehead atoms. The Morgan fingerprint density at radius 1 is 1.24 bits per heavy atom. The van der Waals surface area contributed by atoms with Crippen molar-refractivity contribution in [2.75, 3.05) is 13.7 Å². The van der Waals surface area contributed by atoms with Crippen molar-refractivity contribution in [1.29, 1.82) is 0 Å². The quantitative estimate of drug-likeness (QED) is 0.691. The molecule has 0 unspecified atom stereocenters. The van der Waals surface area contributed by atoms with Gasteiger partial charge >= 0.3 is 0 Å². The summed E-state index contributed by atoms with van der Waals surface area (Å²) in [6, 6.07) is 16.1. The molecule has 6 heteroatoms. The number of amides is 1. The van der Waals surface area contributed by atoms with Crippen molar-refractivity contribution in [2.45, 2.75) is 51.5 Å². The number of methoxy groups -OCH3 is 1. The fraction of sp³-hybridized carbons (Fsp3) is 0.435. The van der Waals surface area contributed by atoms with Crippen LogP contribution in [-0.4, -0.2) is 42.6 Å². The Balaban J connectivity index is 1.68. The molecule has 1 amide bonds. The maximum absolute atomic E-state index is 12.8. The second-order valence-corrected chi connectivity index (χ2v) is 8.27. The number of carbonyl (C=O) groups excluding carboxylic acids is 1. The van der Waals surface area contributed by atoms with E-state index in [1.54, 1.807) is 7.11 Å². The summed E-state index contributed by atoms with van der Waals surface area (Å²) in [6.45, 7) is 6.17. The van der Waals surface area contributed by atoms with E-state index >= 15 is 0 Å². The van der Waals surface area contributed by atoms with Gasteiger partial charge in [-0.2, -0.15) is 0 Å². The van der Waals surface area contributed by atoms with Crippen LogP contribution in [-0.2, 0) is 17.9 Å². The molecule has 1 aliphatic heterocycles. The summed E-state index contributed by atoms with van der Waals surface area (Å²) < 4.78 is 5.31. The molecule has 2 aromatic carbocycles. The average molecular weight is 416 g/mol. The normalized spacial score (nSPS) is 19.5. The van der Waals surface area contributed by atoms with Crippen molar-refractivity contribution in [3.63, 3.8) is 0 Å². The molecule has 2 aromatic rings. The van der Waals surface area contributed by atoms with Crippen LogP contribution in [0.2, 0.25) is 5.02 Å². The van der Waals surface area contributed by atoms with Gasteiger partial charge in [-0.25, -0.2) is 0 Å². The van der Waals surface area contributed by atoms with E-state index in [1.165, 1.54) is 0 Å². The van der Waals surface area contributed by atoms with Gasteiger partial charge in [-0.05, 0) is 49.6 Å². The Morgan fingerprint density at radius 2 is 2.03 bits per heavy atom. The van der Waals surface area contributed by atoms with Crippen molar-refractivity contribution in [3.05, 3.63) is 64.7 Å². The van der Waals surface area contributed by atoms with Crippen LogP contribution < -0.4 is 15.4 Å². The van der Waals surface area contributed by atoms with E-state index in [0.29, 0.717) is 6.54 Å². The number of hydrogen-bond donors (Lipinski definition) is 2. The molecule has 1 saturated heterocycles. The van der Waals surface area contributed by atoms with Gasteiger partial charge in [-0.1, -0.05) is 41.9 Å². The van der Waals surface area contributed by atoms with Gasteiger partial charge in [0.25, 0.3) is 0 Å². The highest BCUT2D eigenvalue weighted by molar-refractivity contribution is 6.31. The highest BCUT2D eigenvalue weighted by Gasteiger charge is 2.36. The van der Waals surface area contributed by atoms with E-state index in [1.807, 2.05) is 56.3 Å². The molecule has 3 rings (SSSR count). The van der Waals surface area contributed by atoms with Crippen LogP contribution in [0.15, 0.2) is 48.5 Å². The van der Waals surface area contributed by atoms with Crippen LogP contribution in [0.4, 0.5) is 0 Å². The summed E-state index contributed by atoms with van der Waals surface area (Å²) in [6.07, 6.45) is 0.771. The van der Waals surface area contributed by atoms with Crippen molar-refractivity contribution < 1.29 is 9.53 Å². The molecule has 0 spiro atoms. The second-order valence-electron chi connectivity index (χ2n) is 7.86. The molecule has 0 saturated carbocycles. The molecule has 29 heavy (non-hydrogen) atoms. The maximum Gasteiger partial charge on any atom is 0.237 e. The highest BCUT2D eigenvalue weighted by Crippen LogP contribution is 2.25. The summed E-state index contributed by atoms with van der Waals surface area (Å²) in [7, 11) is 1.67. The first-order valence-corrected chi connectivity index (χ1v) is 10.5. The first-order valence-electron chi connectivity index (χ1n) is 10.1. The molecule has 5 nitrogen and oxygen atoms in total. The third-order valence-electron chi connectivity index (χ3n) is 5.20. The number of nitrogens with one attached hydrogen (secondary N) is 2. The molecule has 1 aliphatic rings. The zero-order chi connectivity index (χ0) is 20.8. The van der Waals surface area contributed by atoms with Crippen molar-refractivity contribution in [1.82, 2.24) is 15.5 Å². The smallest absolute Gasteiger partial charge is 0.237 e. The second kappa shape index (κ2) is 10.1. The largest absolute Gasteiger partial charge is 0.497 e. The Morgan fingerprint density at radius 3 is 2.76 bits per heavy atom. The number of rotatable bonds is 8. The zero-order valence-electron chi connectivity index (χ0n) is 17.3. The Labute approximate surface area is 178 Å². The van der Waals surface area contributed by atoms with Gasteiger partial charge in [0.2, 0.25) is 5.91 Å². The van der Waals surface area contributed by atoms with E-state index in [0.717, 1.165) is 41.4 Å². The summed E-state index contributed by atoms with van der Waals surface area (Å²) in [5.74, 6) is 0.933. The van der Waals surface area contributed by atoms with Crippen molar-refractivity contribution >= 4 is 17.5 Å². The topological polar surface area (TPSA) is 53.6 Å². The van der Waals surface area contributed by atoms with Crippen molar-refractivity contribution in [2.24, 2.45) is 0 Å². The fourth-order valence-corrected chi connectivity index (χ4v) is 3.97. The number of likely N-dealkylation sites (tertiary alicyclic amines) is 1. The zero-order valence-corrected chi connectivity index (χ0v) is 18.1. The Kier molecular flexibility index (Phi) is 7.53. The lowest BCUT2D eigenvalue weighted by atomic mass is 10.1. The Hall–Kier alpha value is -2.08. The van der Waals surface area contributed by atoms with Gasteiger partial charge in [0.15, 0.2) is 0 Å². The van der Waals surface area contributed by atoms with E-state index in [4.69, 9.17) is 16.3 Å². The van der Waals surface area contributed by atoms with E-state index in [2.05, 4.69) is 21.6 Å². The summed E-state index contributed by atoms with van der Waals surface area (Å²) >= 11 is 6.37.